The Bertz CT molecular complexity index is 494. The van der Waals surface area contributed by atoms with Crippen LogP contribution in [0.4, 0.5) is 0 Å². The van der Waals surface area contributed by atoms with Gasteiger partial charge in [-0.25, -0.2) is 9.97 Å². The molecule has 2 aliphatic rings. The van der Waals surface area contributed by atoms with Gasteiger partial charge in [-0.2, -0.15) is 0 Å². The Hall–Kier alpha value is -1.04. The lowest BCUT2D eigenvalue weighted by atomic mass is 9.72. The summed E-state index contributed by atoms with van der Waals surface area (Å²) in [6.45, 7) is 7.79. The van der Waals surface area contributed by atoms with Gasteiger partial charge in [-0.3, -0.25) is 4.90 Å². The third-order valence-electron chi connectivity index (χ3n) is 5.21. The highest BCUT2D eigenvalue weighted by Crippen LogP contribution is 2.41. The molecule has 0 aromatic carbocycles. The third-order valence-corrected chi connectivity index (χ3v) is 5.21. The Labute approximate surface area is 132 Å². The number of piperidine rings is 1. The number of aliphatic hydroxyl groups is 1. The van der Waals surface area contributed by atoms with Gasteiger partial charge >= 0.3 is 0 Å². The molecule has 1 atom stereocenters. The second-order valence-electron chi connectivity index (χ2n) is 6.94. The van der Waals surface area contributed by atoms with E-state index in [4.69, 9.17) is 4.74 Å². The number of nitrogens with zero attached hydrogens (tertiary/aromatic N) is 3. The molecule has 2 saturated heterocycles. The summed E-state index contributed by atoms with van der Waals surface area (Å²) in [6.07, 6.45) is 4.56. The van der Waals surface area contributed by atoms with E-state index in [1.54, 1.807) is 0 Å². The Kier molecular flexibility index (Phi) is 4.76. The van der Waals surface area contributed by atoms with Crippen molar-refractivity contribution in [2.45, 2.75) is 52.1 Å². The van der Waals surface area contributed by atoms with E-state index in [1.165, 1.54) is 6.42 Å². The topological polar surface area (TPSA) is 58.5 Å². The molecule has 0 amide bonds. The van der Waals surface area contributed by atoms with Crippen LogP contribution < -0.4 is 0 Å². The monoisotopic (exact) mass is 305 g/mol. The maximum atomic E-state index is 9.74. The predicted octanol–water partition coefficient (Wildman–Crippen LogP) is 1.85. The highest BCUT2D eigenvalue weighted by Gasteiger charge is 2.40. The molecule has 122 valence electrons. The van der Waals surface area contributed by atoms with E-state index in [0.717, 1.165) is 62.8 Å². The highest BCUT2D eigenvalue weighted by atomic mass is 16.5. The van der Waals surface area contributed by atoms with Crippen molar-refractivity contribution in [1.29, 1.82) is 0 Å². The summed E-state index contributed by atoms with van der Waals surface area (Å²) >= 11 is 0. The quantitative estimate of drug-likeness (QED) is 0.923. The zero-order valence-electron chi connectivity index (χ0n) is 13.7. The van der Waals surface area contributed by atoms with Crippen LogP contribution in [-0.4, -0.2) is 52.4 Å². The fourth-order valence-electron chi connectivity index (χ4n) is 3.98. The Morgan fingerprint density at radius 3 is 2.73 bits per heavy atom. The maximum absolute atomic E-state index is 9.74. The Balaban J connectivity index is 1.75. The van der Waals surface area contributed by atoms with Crippen molar-refractivity contribution < 1.29 is 9.84 Å². The lowest BCUT2D eigenvalue weighted by molar-refractivity contribution is -0.0553. The highest BCUT2D eigenvalue weighted by molar-refractivity contribution is 5.10. The standard InChI is InChI=1S/C17H27N3O2/c1-13-9-15(19-14(2)18-13)10-20-12-17(4-3-16(20)11-21)5-7-22-8-6-17/h9,16,21H,3-8,10-12H2,1-2H3. The second kappa shape index (κ2) is 6.60. The molecule has 0 aliphatic carbocycles. The lowest BCUT2D eigenvalue weighted by Gasteiger charge is -2.48. The first-order valence-electron chi connectivity index (χ1n) is 8.34. The van der Waals surface area contributed by atoms with E-state index in [2.05, 4.69) is 20.9 Å². The molecule has 5 heteroatoms. The van der Waals surface area contributed by atoms with Crippen LogP contribution in [-0.2, 0) is 11.3 Å². The van der Waals surface area contributed by atoms with Gasteiger partial charge in [-0.15, -0.1) is 0 Å². The summed E-state index contributed by atoms with van der Waals surface area (Å²) < 4.78 is 5.55. The van der Waals surface area contributed by atoms with E-state index in [0.29, 0.717) is 5.41 Å². The number of aromatic nitrogens is 2. The van der Waals surface area contributed by atoms with Crippen molar-refractivity contribution in [2.24, 2.45) is 5.41 Å². The molecule has 1 N–H and O–H groups in total. The van der Waals surface area contributed by atoms with E-state index < -0.39 is 0 Å². The minimum Gasteiger partial charge on any atom is -0.395 e. The summed E-state index contributed by atoms with van der Waals surface area (Å²) in [4.78, 5) is 11.4. The predicted molar refractivity (Wildman–Crippen MR) is 84.5 cm³/mol. The van der Waals surface area contributed by atoms with Gasteiger partial charge in [0.25, 0.3) is 0 Å². The van der Waals surface area contributed by atoms with E-state index in [1.807, 2.05) is 13.8 Å². The Morgan fingerprint density at radius 2 is 2.05 bits per heavy atom. The third kappa shape index (κ3) is 3.47. The summed E-state index contributed by atoms with van der Waals surface area (Å²) in [5.74, 6) is 0.827. The van der Waals surface area contributed by atoms with Gasteiger partial charge in [0.1, 0.15) is 5.82 Å². The SMILES string of the molecule is Cc1cc(CN2CC3(CCOCC3)CCC2CO)nc(C)n1. The first-order chi connectivity index (χ1) is 10.6. The van der Waals surface area contributed by atoms with E-state index >= 15 is 0 Å². The molecule has 0 saturated carbocycles. The van der Waals surface area contributed by atoms with Gasteiger partial charge in [0.15, 0.2) is 0 Å². The van der Waals surface area contributed by atoms with Crippen molar-refractivity contribution in [2.75, 3.05) is 26.4 Å². The van der Waals surface area contributed by atoms with Crippen molar-refractivity contribution >= 4 is 0 Å². The molecule has 0 radical (unpaired) electrons. The first-order valence-corrected chi connectivity index (χ1v) is 8.34. The zero-order valence-corrected chi connectivity index (χ0v) is 13.7. The van der Waals surface area contributed by atoms with E-state index in [-0.39, 0.29) is 12.6 Å². The maximum Gasteiger partial charge on any atom is 0.125 e. The van der Waals surface area contributed by atoms with Crippen molar-refractivity contribution in [3.05, 3.63) is 23.3 Å². The van der Waals surface area contributed by atoms with E-state index in [9.17, 15) is 5.11 Å². The van der Waals surface area contributed by atoms with Crippen molar-refractivity contribution in [3.63, 3.8) is 0 Å². The van der Waals surface area contributed by atoms with Gasteiger partial charge < -0.3 is 9.84 Å². The minimum atomic E-state index is 0.232. The number of aliphatic hydroxyl groups excluding tert-OH is 1. The van der Waals surface area contributed by atoms with Crippen LogP contribution in [0.3, 0.4) is 0 Å². The molecule has 3 rings (SSSR count). The fourth-order valence-corrected chi connectivity index (χ4v) is 3.98. The number of aryl methyl sites for hydroxylation is 2. The van der Waals surface area contributed by atoms with Crippen LogP contribution in [0, 0.1) is 19.3 Å². The van der Waals surface area contributed by atoms with Crippen LogP contribution in [0.1, 0.15) is 42.9 Å². The molecule has 3 heterocycles. The van der Waals surface area contributed by atoms with Crippen LogP contribution in [0.5, 0.6) is 0 Å². The molecular weight excluding hydrogens is 278 g/mol. The van der Waals surface area contributed by atoms with Gasteiger partial charge in [0.2, 0.25) is 0 Å². The summed E-state index contributed by atoms with van der Waals surface area (Å²) in [5.41, 5.74) is 2.45. The number of ether oxygens (including phenoxy) is 1. The van der Waals surface area contributed by atoms with Crippen LogP contribution in [0.25, 0.3) is 0 Å². The molecule has 1 aromatic rings. The number of hydrogen-bond donors (Lipinski definition) is 1. The summed E-state index contributed by atoms with van der Waals surface area (Å²) in [5, 5.41) is 9.74. The second-order valence-corrected chi connectivity index (χ2v) is 6.94. The van der Waals surface area contributed by atoms with Crippen LogP contribution in [0.15, 0.2) is 6.07 Å². The smallest absolute Gasteiger partial charge is 0.125 e. The number of likely N-dealkylation sites (tertiary alicyclic amines) is 1. The number of rotatable bonds is 3. The largest absolute Gasteiger partial charge is 0.395 e. The van der Waals surface area contributed by atoms with Crippen LogP contribution >= 0.6 is 0 Å². The molecule has 1 spiro atoms. The molecule has 2 aliphatic heterocycles. The van der Waals surface area contributed by atoms with Gasteiger partial charge in [0.05, 0.1) is 12.3 Å². The molecule has 1 unspecified atom stereocenters. The molecule has 2 fully saturated rings. The van der Waals surface area contributed by atoms with Gasteiger partial charge in [-0.1, -0.05) is 0 Å². The normalized spacial score (nSPS) is 25.5. The summed E-state index contributed by atoms with van der Waals surface area (Å²) in [6, 6.07) is 2.32. The van der Waals surface area contributed by atoms with Crippen LogP contribution in [0.2, 0.25) is 0 Å². The van der Waals surface area contributed by atoms with Gasteiger partial charge in [-0.05, 0) is 51.0 Å². The minimum absolute atomic E-state index is 0.232. The van der Waals surface area contributed by atoms with Gasteiger partial charge in [0, 0.05) is 38.0 Å². The molecule has 0 bridgehead atoms. The zero-order chi connectivity index (χ0) is 15.6. The average molecular weight is 305 g/mol. The molecule has 1 aromatic heterocycles. The molecule has 22 heavy (non-hydrogen) atoms. The first kappa shape index (κ1) is 15.8. The van der Waals surface area contributed by atoms with Crippen molar-refractivity contribution in [1.82, 2.24) is 14.9 Å². The lowest BCUT2D eigenvalue weighted by Crippen LogP contribution is -2.51. The molecular formula is C17H27N3O2. The van der Waals surface area contributed by atoms with Crippen molar-refractivity contribution in [3.8, 4) is 0 Å². The Morgan fingerprint density at radius 1 is 1.27 bits per heavy atom. The average Bonchev–Trinajstić information content (AvgIpc) is 2.47. The summed E-state index contributed by atoms with van der Waals surface area (Å²) in [7, 11) is 0. The fraction of sp³-hybridized carbons (Fsp3) is 0.765. The molecule has 5 nitrogen and oxygen atoms in total. The number of hydrogen-bond acceptors (Lipinski definition) is 5.